The van der Waals surface area contributed by atoms with E-state index in [1.54, 1.807) is 18.2 Å². The van der Waals surface area contributed by atoms with Crippen molar-refractivity contribution in [3.05, 3.63) is 76.5 Å². The van der Waals surface area contributed by atoms with E-state index >= 15 is 0 Å². The van der Waals surface area contributed by atoms with Gasteiger partial charge in [-0.15, -0.1) is 0 Å². The average molecular weight is 414 g/mol. The molecule has 0 unspecified atom stereocenters. The number of benzene rings is 2. The molecule has 4 nitrogen and oxygen atoms in total. The lowest BCUT2D eigenvalue weighted by molar-refractivity contribution is 0.0683. The summed E-state index contributed by atoms with van der Waals surface area (Å²) in [5, 5.41) is 0.971. The molecule has 2 aromatic carbocycles. The molecular formula is C22H21Cl2N3O. The molecule has 1 aromatic heterocycles. The summed E-state index contributed by atoms with van der Waals surface area (Å²) < 4.78 is 2.21. The number of carbonyl (C=O) groups is 1. The number of likely N-dealkylation sites (tertiary alicyclic amines) is 1. The molecule has 1 amide bonds. The number of amides is 1. The summed E-state index contributed by atoms with van der Waals surface area (Å²) in [6.07, 6.45) is 5.79. The van der Waals surface area contributed by atoms with Gasteiger partial charge in [0.2, 0.25) is 0 Å². The zero-order valence-corrected chi connectivity index (χ0v) is 16.9. The maximum Gasteiger partial charge on any atom is 0.255 e. The molecule has 0 atom stereocenters. The first-order valence-corrected chi connectivity index (χ1v) is 10.2. The molecule has 1 aliphatic heterocycles. The molecule has 1 saturated heterocycles. The second-order valence-corrected chi connectivity index (χ2v) is 7.97. The fourth-order valence-electron chi connectivity index (χ4n) is 3.73. The molecule has 0 aliphatic carbocycles. The molecule has 1 fully saturated rings. The molecule has 4 rings (SSSR count). The lowest BCUT2D eigenvalue weighted by Gasteiger charge is -2.32. The van der Waals surface area contributed by atoms with Crippen LogP contribution in [0, 0.1) is 5.92 Å². The van der Waals surface area contributed by atoms with Crippen LogP contribution in [0.2, 0.25) is 10.0 Å². The van der Waals surface area contributed by atoms with Gasteiger partial charge in [-0.3, -0.25) is 4.79 Å². The Labute approximate surface area is 174 Å². The van der Waals surface area contributed by atoms with Crippen LogP contribution in [0.3, 0.4) is 0 Å². The summed E-state index contributed by atoms with van der Waals surface area (Å²) in [5.74, 6) is 1.46. The third-order valence-electron chi connectivity index (χ3n) is 5.26. The third-order valence-corrected chi connectivity index (χ3v) is 5.83. The summed E-state index contributed by atoms with van der Waals surface area (Å²) in [4.78, 5) is 19.2. The second-order valence-electron chi connectivity index (χ2n) is 7.13. The van der Waals surface area contributed by atoms with E-state index in [4.69, 9.17) is 23.2 Å². The van der Waals surface area contributed by atoms with Crippen LogP contribution >= 0.6 is 23.2 Å². The SMILES string of the molecule is O=C(c1cc(Cl)ccc1Cl)N1CCC(Cn2ccnc2-c2ccccc2)CC1. The molecule has 144 valence electrons. The molecule has 28 heavy (non-hydrogen) atoms. The Morgan fingerprint density at radius 1 is 1.07 bits per heavy atom. The topological polar surface area (TPSA) is 38.1 Å². The number of imidazole rings is 1. The van der Waals surface area contributed by atoms with Gasteiger partial charge in [0, 0.05) is 42.6 Å². The van der Waals surface area contributed by atoms with E-state index in [0.29, 0.717) is 21.5 Å². The Hall–Kier alpha value is -2.30. The first-order chi connectivity index (χ1) is 13.6. The monoisotopic (exact) mass is 413 g/mol. The van der Waals surface area contributed by atoms with E-state index in [2.05, 4.69) is 21.7 Å². The van der Waals surface area contributed by atoms with Gasteiger partial charge in [0.05, 0.1) is 10.6 Å². The first kappa shape index (κ1) is 19.0. The minimum atomic E-state index is -0.0430. The number of halogens is 2. The highest BCUT2D eigenvalue weighted by molar-refractivity contribution is 6.35. The highest BCUT2D eigenvalue weighted by atomic mass is 35.5. The van der Waals surface area contributed by atoms with Crippen molar-refractivity contribution in [3.8, 4) is 11.4 Å². The summed E-state index contributed by atoms with van der Waals surface area (Å²) in [5.41, 5.74) is 1.60. The number of hydrogen-bond donors (Lipinski definition) is 0. The van der Waals surface area contributed by atoms with Crippen molar-refractivity contribution in [3.63, 3.8) is 0 Å². The molecule has 3 aromatic rings. The van der Waals surface area contributed by atoms with E-state index in [1.807, 2.05) is 35.5 Å². The van der Waals surface area contributed by atoms with Gasteiger partial charge < -0.3 is 9.47 Å². The predicted octanol–water partition coefficient (Wildman–Crippen LogP) is 5.41. The maximum atomic E-state index is 12.8. The molecule has 0 saturated carbocycles. The largest absolute Gasteiger partial charge is 0.339 e. The van der Waals surface area contributed by atoms with Crippen LogP contribution in [0.4, 0.5) is 0 Å². The molecule has 0 N–H and O–H groups in total. The van der Waals surface area contributed by atoms with Crippen molar-refractivity contribution in [2.24, 2.45) is 5.92 Å². The predicted molar refractivity (Wildman–Crippen MR) is 113 cm³/mol. The lowest BCUT2D eigenvalue weighted by atomic mass is 9.96. The first-order valence-electron chi connectivity index (χ1n) is 9.42. The lowest BCUT2D eigenvalue weighted by Crippen LogP contribution is -2.39. The van der Waals surface area contributed by atoms with Crippen LogP contribution < -0.4 is 0 Å². The molecular weight excluding hydrogens is 393 g/mol. The molecule has 2 heterocycles. The van der Waals surface area contributed by atoms with Crippen LogP contribution in [0.25, 0.3) is 11.4 Å². The summed E-state index contributed by atoms with van der Waals surface area (Å²) in [6, 6.07) is 15.2. The molecule has 6 heteroatoms. The Bertz CT molecular complexity index is 963. The van der Waals surface area contributed by atoms with Gasteiger partial charge in [-0.1, -0.05) is 53.5 Å². The van der Waals surface area contributed by atoms with E-state index in [0.717, 1.165) is 43.9 Å². The highest BCUT2D eigenvalue weighted by Gasteiger charge is 2.25. The van der Waals surface area contributed by atoms with Gasteiger partial charge in [-0.25, -0.2) is 4.98 Å². The molecule has 1 aliphatic rings. The Morgan fingerprint density at radius 3 is 2.57 bits per heavy atom. The van der Waals surface area contributed by atoms with Crippen LogP contribution in [0.15, 0.2) is 60.9 Å². The summed E-state index contributed by atoms with van der Waals surface area (Å²) in [6.45, 7) is 2.35. The molecule has 0 spiro atoms. The van der Waals surface area contributed by atoms with Crippen molar-refractivity contribution in [1.82, 2.24) is 14.5 Å². The quantitative estimate of drug-likeness (QED) is 0.573. The van der Waals surface area contributed by atoms with E-state index in [-0.39, 0.29) is 5.91 Å². The van der Waals surface area contributed by atoms with Crippen molar-refractivity contribution in [1.29, 1.82) is 0 Å². The van der Waals surface area contributed by atoms with Crippen molar-refractivity contribution in [2.45, 2.75) is 19.4 Å². The average Bonchev–Trinajstić information content (AvgIpc) is 3.18. The fraction of sp³-hybridized carbons (Fsp3) is 0.273. The number of carbonyl (C=O) groups excluding carboxylic acids is 1. The van der Waals surface area contributed by atoms with Gasteiger partial charge >= 0.3 is 0 Å². The molecule has 0 radical (unpaired) electrons. The number of piperidine rings is 1. The number of nitrogens with zero attached hydrogens (tertiary/aromatic N) is 3. The van der Waals surface area contributed by atoms with E-state index in [1.165, 1.54) is 0 Å². The normalized spacial score (nSPS) is 15.0. The summed E-state index contributed by atoms with van der Waals surface area (Å²) in [7, 11) is 0. The Kier molecular flexibility index (Phi) is 5.69. The van der Waals surface area contributed by atoms with Crippen LogP contribution in [-0.4, -0.2) is 33.4 Å². The maximum absolute atomic E-state index is 12.8. The number of aromatic nitrogens is 2. The summed E-state index contributed by atoms with van der Waals surface area (Å²) >= 11 is 12.2. The van der Waals surface area contributed by atoms with Gasteiger partial charge in [0.25, 0.3) is 5.91 Å². The number of hydrogen-bond acceptors (Lipinski definition) is 2. The van der Waals surface area contributed by atoms with Gasteiger partial charge in [-0.05, 0) is 37.0 Å². The fourth-order valence-corrected chi connectivity index (χ4v) is 4.10. The molecule has 0 bridgehead atoms. The Morgan fingerprint density at radius 2 is 1.82 bits per heavy atom. The van der Waals surface area contributed by atoms with Gasteiger partial charge in [0.1, 0.15) is 5.82 Å². The number of rotatable bonds is 4. The van der Waals surface area contributed by atoms with Crippen LogP contribution in [0.5, 0.6) is 0 Å². The minimum Gasteiger partial charge on any atom is -0.339 e. The minimum absolute atomic E-state index is 0.0430. The van der Waals surface area contributed by atoms with Crippen LogP contribution in [-0.2, 0) is 6.54 Å². The van der Waals surface area contributed by atoms with Crippen molar-refractivity contribution >= 4 is 29.1 Å². The highest BCUT2D eigenvalue weighted by Crippen LogP contribution is 2.27. The van der Waals surface area contributed by atoms with Gasteiger partial charge in [0.15, 0.2) is 0 Å². The standard InChI is InChI=1S/C22H21Cl2N3O/c23-18-6-7-20(24)19(14-18)22(28)26-11-8-16(9-12-26)15-27-13-10-25-21(27)17-4-2-1-3-5-17/h1-7,10,13-14,16H,8-9,11-12,15H2. The van der Waals surface area contributed by atoms with Crippen LogP contribution in [0.1, 0.15) is 23.2 Å². The smallest absolute Gasteiger partial charge is 0.255 e. The van der Waals surface area contributed by atoms with Crippen molar-refractivity contribution in [2.75, 3.05) is 13.1 Å². The Balaban J connectivity index is 1.40. The van der Waals surface area contributed by atoms with Gasteiger partial charge in [-0.2, -0.15) is 0 Å². The van der Waals surface area contributed by atoms with E-state index < -0.39 is 0 Å². The second kappa shape index (κ2) is 8.38. The van der Waals surface area contributed by atoms with Crippen molar-refractivity contribution < 1.29 is 4.79 Å². The zero-order chi connectivity index (χ0) is 19.5. The third kappa shape index (κ3) is 4.08. The zero-order valence-electron chi connectivity index (χ0n) is 15.4. The van der Waals surface area contributed by atoms with E-state index in [9.17, 15) is 4.79 Å².